The number of aryl methyl sites for hydroxylation is 2. The molecule has 2 aliphatic heterocycles. The van der Waals surface area contributed by atoms with Crippen LogP contribution in [0.2, 0.25) is 0 Å². The first-order valence-corrected chi connectivity index (χ1v) is 12.2. The molecule has 0 spiro atoms. The van der Waals surface area contributed by atoms with Crippen LogP contribution in [0.5, 0.6) is 0 Å². The summed E-state index contributed by atoms with van der Waals surface area (Å²) < 4.78 is 12.9. The number of piperazine rings is 1. The lowest BCUT2D eigenvalue weighted by molar-refractivity contribution is 0.0186. The Labute approximate surface area is 201 Å². The molecule has 2 aliphatic rings. The molecular formula is C25H37N5O4. The molecule has 9 heteroatoms. The lowest BCUT2D eigenvalue weighted by Crippen LogP contribution is -2.49. The average Bonchev–Trinajstić information content (AvgIpc) is 3.41. The van der Waals surface area contributed by atoms with E-state index in [1.165, 1.54) is 0 Å². The minimum atomic E-state index is -0.495. The van der Waals surface area contributed by atoms with Gasteiger partial charge in [-0.3, -0.25) is 9.69 Å². The molecule has 0 aliphatic carbocycles. The number of amides is 2. The van der Waals surface area contributed by atoms with Crippen molar-refractivity contribution in [3.05, 3.63) is 41.0 Å². The summed E-state index contributed by atoms with van der Waals surface area (Å²) in [6, 6.07) is 4.06. The summed E-state index contributed by atoms with van der Waals surface area (Å²) in [6.45, 7) is 14.7. The molecule has 186 valence electrons. The second-order valence-electron chi connectivity index (χ2n) is 10.4. The van der Waals surface area contributed by atoms with Gasteiger partial charge in [-0.1, -0.05) is 5.16 Å². The van der Waals surface area contributed by atoms with Gasteiger partial charge >= 0.3 is 6.09 Å². The van der Waals surface area contributed by atoms with E-state index in [0.29, 0.717) is 26.2 Å². The third kappa shape index (κ3) is 5.46. The summed E-state index contributed by atoms with van der Waals surface area (Å²) in [6.07, 6.45) is 3.34. The number of aromatic nitrogens is 2. The Morgan fingerprint density at radius 2 is 1.74 bits per heavy atom. The van der Waals surface area contributed by atoms with Crippen LogP contribution >= 0.6 is 0 Å². The molecule has 4 rings (SSSR count). The highest BCUT2D eigenvalue weighted by Gasteiger charge is 2.30. The fourth-order valence-electron chi connectivity index (χ4n) is 4.77. The van der Waals surface area contributed by atoms with Gasteiger partial charge < -0.3 is 23.6 Å². The van der Waals surface area contributed by atoms with Gasteiger partial charge in [-0.05, 0) is 59.6 Å². The van der Waals surface area contributed by atoms with Crippen molar-refractivity contribution < 1.29 is 18.8 Å². The van der Waals surface area contributed by atoms with Gasteiger partial charge in [-0.25, -0.2) is 4.79 Å². The normalized spacial score (nSPS) is 18.4. The highest BCUT2D eigenvalue weighted by Crippen LogP contribution is 2.26. The second-order valence-corrected chi connectivity index (χ2v) is 10.4. The van der Waals surface area contributed by atoms with Crippen LogP contribution in [-0.2, 0) is 11.3 Å². The monoisotopic (exact) mass is 471 g/mol. The zero-order chi connectivity index (χ0) is 24.5. The summed E-state index contributed by atoms with van der Waals surface area (Å²) >= 11 is 0. The van der Waals surface area contributed by atoms with Crippen molar-refractivity contribution >= 4 is 12.0 Å². The van der Waals surface area contributed by atoms with Gasteiger partial charge in [0.05, 0.1) is 5.69 Å². The molecule has 0 radical (unpaired) electrons. The summed E-state index contributed by atoms with van der Waals surface area (Å²) in [4.78, 5) is 31.8. The van der Waals surface area contributed by atoms with Crippen LogP contribution in [0.1, 0.15) is 67.2 Å². The summed E-state index contributed by atoms with van der Waals surface area (Å²) in [5, 5.41) is 4.04. The lowest BCUT2D eigenvalue weighted by atomic mass is 10.0. The minimum Gasteiger partial charge on any atom is -0.444 e. The van der Waals surface area contributed by atoms with Crippen LogP contribution in [0.25, 0.3) is 0 Å². The first kappa shape index (κ1) is 24.3. The van der Waals surface area contributed by atoms with Crippen LogP contribution in [0.3, 0.4) is 0 Å². The lowest BCUT2D eigenvalue weighted by Gasteiger charge is -2.36. The molecule has 4 heterocycles. The van der Waals surface area contributed by atoms with Crippen LogP contribution in [0, 0.1) is 13.8 Å². The molecule has 0 unspecified atom stereocenters. The molecule has 2 saturated heterocycles. The first-order valence-electron chi connectivity index (χ1n) is 12.2. The number of likely N-dealkylation sites (tertiary alicyclic amines) is 1. The first-order chi connectivity index (χ1) is 16.1. The maximum Gasteiger partial charge on any atom is 0.410 e. The fourth-order valence-corrected chi connectivity index (χ4v) is 4.77. The molecule has 2 fully saturated rings. The number of hydrogen-bond donors (Lipinski definition) is 0. The molecule has 2 amide bonds. The zero-order valence-corrected chi connectivity index (χ0v) is 21.0. The molecule has 2 aromatic rings. The van der Waals surface area contributed by atoms with E-state index in [1.807, 2.05) is 57.8 Å². The highest BCUT2D eigenvalue weighted by atomic mass is 16.6. The van der Waals surface area contributed by atoms with E-state index < -0.39 is 5.60 Å². The SMILES string of the molecule is Cc1noc(C)c1CN1CCN(C(=O)c2cccn2C2CCN(C(=O)OC(C)(C)C)CC2)CC1. The van der Waals surface area contributed by atoms with Crippen molar-refractivity contribution in [1.82, 2.24) is 24.4 Å². The maximum absolute atomic E-state index is 13.4. The third-order valence-electron chi connectivity index (χ3n) is 6.73. The number of nitrogens with zero attached hydrogens (tertiary/aromatic N) is 5. The van der Waals surface area contributed by atoms with E-state index in [2.05, 4.69) is 14.6 Å². The average molecular weight is 472 g/mol. The van der Waals surface area contributed by atoms with Crippen molar-refractivity contribution in [3.63, 3.8) is 0 Å². The van der Waals surface area contributed by atoms with Crippen molar-refractivity contribution in [3.8, 4) is 0 Å². The predicted octanol–water partition coefficient (Wildman–Crippen LogP) is 3.62. The van der Waals surface area contributed by atoms with Crippen LogP contribution < -0.4 is 0 Å². The number of piperidine rings is 1. The summed E-state index contributed by atoms with van der Waals surface area (Å²) in [5.74, 6) is 0.947. The minimum absolute atomic E-state index is 0.0801. The van der Waals surface area contributed by atoms with E-state index in [9.17, 15) is 9.59 Å². The molecule has 0 bridgehead atoms. The van der Waals surface area contributed by atoms with E-state index >= 15 is 0 Å². The Balaban J connectivity index is 1.32. The molecule has 34 heavy (non-hydrogen) atoms. The highest BCUT2D eigenvalue weighted by molar-refractivity contribution is 5.93. The Morgan fingerprint density at radius 3 is 2.32 bits per heavy atom. The van der Waals surface area contributed by atoms with Crippen molar-refractivity contribution in [2.45, 2.75) is 65.6 Å². The molecule has 9 nitrogen and oxygen atoms in total. The quantitative estimate of drug-likeness (QED) is 0.677. The standard InChI is InChI=1S/C25H37N5O4/c1-18-21(19(2)34-26-18)17-27-13-15-28(16-14-27)23(31)22-7-6-10-30(22)20-8-11-29(12-9-20)24(32)33-25(3,4)5/h6-7,10,20H,8-9,11-17H2,1-5H3. The predicted molar refractivity (Wildman–Crippen MR) is 128 cm³/mol. The Kier molecular flexibility index (Phi) is 7.02. The Bertz CT molecular complexity index is 985. The summed E-state index contributed by atoms with van der Waals surface area (Å²) in [7, 11) is 0. The van der Waals surface area contributed by atoms with Crippen LogP contribution in [-0.4, -0.2) is 81.3 Å². The van der Waals surface area contributed by atoms with Gasteiger partial charge in [0.2, 0.25) is 0 Å². The summed E-state index contributed by atoms with van der Waals surface area (Å²) in [5.41, 5.74) is 2.32. The zero-order valence-electron chi connectivity index (χ0n) is 21.0. The number of carbonyl (C=O) groups excluding carboxylic acids is 2. The smallest absolute Gasteiger partial charge is 0.410 e. The van der Waals surface area contributed by atoms with Crippen LogP contribution in [0.15, 0.2) is 22.9 Å². The largest absolute Gasteiger partial charge is 0.444 e. The number of carbonyl (C=O) groups is 2. The topological polar surface area (TPSA) is 84.1 Å². The van der Waals surface area contributed by atoms with Gasteiger partial charge in [0.25, 0.3) is 5.91 Å². The fraction of sp³-hybridized carbons (Fsp3) is 0.640. The molecule has 0 N–H and O–H groups in total. The number of hydrogen-bond acceptors (Lipinski definition) is 6. The number of ether oxygens (including phenoxy) is 1. The molecule has 0 aromatic carbocycles. The Morgan fingerprint density at radius 1 is 1.06 bits per heavy atom. The van der Waals surface area contributed by atoms with E-state index in [4.69, 9.17) is 9.26 Å². The Hall–Kier alpha value is -2.81. The van der Waals surface area contributed by atoms with Gasteiger partial charge in [-0.2, -0.15) is 0 Å². The van der Waals surface area contributed by atoms with Crippen molar-refractivity contribution in [2.75, 3.05) is 39.3 Å². The van der Waals surface area contributed by atoms with Crippen molar-refractivity contribution in [2.24, 2.45) is 0 Å². The van der Waals surface area contributed by atoms with Crippen molar-refractivity contribution in [1.29, 1.82) is 0 Å². The van der Waals surface area contributed by atoms with Gasteiger partial charge in [0, 0.05) is 63.6 Å². The molecule has 2 aromatic heterocycles. The van der Waals surface area contributed by atoms with Gasteiger partial charge in [-0.15, -0.1) is 0 Å². The van der Waals surface area contributed by atoms with E-state index in [-0.39, 0.29) is 18.0 Å². The van der Waals surface area contributed by atoms with E-state index in [0.717, 1.165) is 55.2 Å². The molecule has 0 saturated carbocycles. The van der Waals surface area contributed by atoms with Gasteiger partial charge in [0.15, 0.2) is 0 Å². The molecular weight excluding hydrogens is 434 g/mol. The van der Waals surface area contributed by atoms with E-state index in [1.54, 1.807) is 4.90 Å². The van der Waals surface area contributed by atoms with Gasteiger partial charge in [0.1, 0.15) is 17.1 Å². The second kappa shape index (κ2) is 9.82. The molecule has 0 atom stereocenters. The number of rotatable bonds is 4. The maximum atomic E-state index is 13.4. The van der Waals surface area contributed by atoms with Crippen LogP contribution in [0.4, 0.5) is 4.79 Å². The third-order valence-corrected chi connectivity index (χ3v) is 6.73.